The van der Waals surface area contributed by atoms with Gasteiger partial charge in [-0.2, -0.15) is 0 Å². The number of fused-ring (bicyclic) bond motifs is 3. The van der Waals surface area contributed by atoms with E-state index in [1.165, 1.54) is 36.4 Å². The van der Waals surface area contributed by atoms with Crippen molar-refractivity contribution >= 4 is 34.6 Å². The minimum atomic E-state index is -0.125. The Kier molecular flexibility index (Phi) is 6.43. The molecule has 0 atom stereocenters. The number of aliphatic hydroxyl groups excluding tert-OH is 1. The molecule has 4 nitrogen and oxygen atoms in total. The Morgan fingerprint density at radius 2 is 1.68 bits per heavy atom. The van der Waals surface area contributed by atoms with E-state index in [1.54, 1.807) is 0 Å². The van der Waals surface area contributed by atoms with E-state index < -0.39 is 0 Å². The van der Waals surface area contributed by atoms with Crippen LogP contribution in [0.15, 0.2) is 72.5 Å². The van der Waals surface area contributed by atoms with Crippen molar-refractivity contribution in [1.82, 2.24) is 4.98 Å². The summed E-state index contributed by atoms with van der Waals surface area (Å²) in [5, 5.41) is 9.56. The molecule has 0 spiro atoms. The summed E-state index contributed by atoms with van der Waals surface area (Å²) in [5.74, 6) is 0.0193. The SMILES string of the molecule is CC(=O)/C=C(/C)O.O=C1c2ccccc2-c2c(-c3cc4c5c(cccc5n3)C=C4)[c-]ccc21.[Ir]. The van der Waals surface area contributed by atoms with Crippen LogP contribution in [0.5, 0.6) is 0 Å². The second-order valence-corrected chi connectivity index (χ2v) is 8.08. The van der Waals surface area contributed by atoms with E-state index in [1.807, 2.05) is 48.5 Å². The van der Waals surface area contributed by atoms with Crippen molar-refractivity contribution in [2.24, 2.45) is 0 Å². The molecule has 6 rings (SSSR count). The molecule has 5 heteroatoms. The van der Waals surface area contributed by atoms with Crippen molar-refractivity contribution in [3.05, 3.63) is 101 Å². The van der Waals surface area contributed by atoms with Crippen molar-refractivity contribution in [3.63, 3.8) is 0 Å². The fraction of sp³-hybridized carbons (Fsp3) is 0.0690. The van der Waals surface area contributed by atoms with Gasteiger partial charge in [-0.15, -0.1) is 23.8 Å². The summed E-state index contributed by atoms with van der Waals surface area (Å²) < 4.78 is 0. The van der Waals surface area contributed by atoms with Crippen LogP contribution < -0.4 is 0 Å². The van der Waals surface area contributed by atoms with Crippen molar-refractivity contribution < 1.29 is 34.8 Å². The average molecular weight is 623 g/mol. The second kappa shape index (κ2) is 9.30. The quantitative estimate of drug-likeness (QED) is 0.137. The molecule has 2 aliphatic carbocycles. The van der Waals surface area contributed by atoms with Crippen LogP contribution >= 0.6 is 0 Å². The van der Waals surface area contributed by atoms with Gasteiger partial charge >= 0.3 is 0 Å². The number of nitrogens with zero attached hydrogens (tertiary/aromatic N) is 1. The molecule has 2 aliphatic rings. The number of hydrogen-bond acceptors (Lipinski definition) is 4. The van der Waals surface area contributed by atoms with Crippen LogP contribution in [-0.4, -0.2) is 21.7 Å². The number of ketones is 2. The molecule has 0 amide bonds. The van der Waals surface area contributed by atoms with E-state index in [0.29, 0.717) is 0 Å². The molecule has 1 radical (unpaired) electrons. The molecule has 1 N–H and O–H groups in total. The zero-order chi connectivity index (χ0) is 23.1. The Bertz CT molecular complexity index is 1530. The van der Waals surface area contributed by atoms with Crippen LogP contribution in [0.4, 0.5) is 0 Å². The molecule has 0 fully saturated rings. The third kappa shape index (κ3) is 4.05. The van der Waals surface area contributed by atoms with Gasteiger partial charge < -0.3 is 5.11 Å². The molecule has 4 aromatic rings. The first-order valence-electron chi connectivity index (χ1n) is 10.6. The van der Waals surface area contributed by atoms with Crippen LogP contribution in [-0.2, 0) is 24.9 Å². The van der Waals surface area contributed by atoms with E-state index in [4.69, 9.17) is 10.1 Å². The van der Waals surface area contributed by atoms with Gasteiger partial charge in [-0.25, -0.2) is 0 Å². The Hall–Kier alpha value is -3.66. The molecule has 1 aromatic heterocycles. The van der Waals surface area contributed by atoms with E-state index in [-0.39, 0.29) is 37.4 Å². The van der Waals surface area contributed by atoms with Gasteiger partial charge in [-0.3, -0.25) is 14.6 Å². The zero-order valence-electron chi connectivity index (χ0n) is 18.5. The van der Waals surface area contributed by atoms with Crippen LogP contribution in [0.1, 0.15) is 40.9 Å². The minimum Gasteiger partial charge on any atom is -0.512 e. The van der Waals surface area contributed by atoms with E-state index in [9.17, 15) is 9.59 Å². The van der Waals surface area contributed by atoms with Gasteiger partial charge in [0, 0.05) is 37.1 Å². The third-order valence-electron chi connectivity index (χ3n) is 5.69. The van der Waals surface area contributed by atoms with Gasteiger partial charge in [-0.05, 0) is 42.3 Å². The molecule has 0 saturated heterocycles. The second-order valence-electron chi connectivity index (χ2n) is 8.08. The molecule has 0 aliphatic heterocycles. The molecule has 0 saturated carbocycles. The van der Waals surface area contributed by atoms with Gasteiger partial charge in [0.05, 0.1) is 11.3 Å². The summed E-state index contributed by atoms with van der Waals surface area (Å²) in [5.41, 5.74) is 8.53. The van der Waals surface area contributed by atoms with Crippen LogP contribution in [0.25, 0.3) is 45.4 Å². The predicted octanol–water partition coefficient (Wildman–Crippen LogP) is 6.43. The first-order chi connectivity index (χ1) is 15.9. The third-order valence-corrected chi connectivity index (χ3v) is 5.69. The molecule has 34 heavy (non-hydrogen) atoms. The summed E-state index contributed by atoms with van der Waals surface area (Å²) in [6, 6.07) is 23.1. The first-order valence-corrected chi connectivity index (χ1v) is 10.6. The van der Waals surface area contributed by atoms with E-state index >= 15 is 0 Å². The molecule has 0 bridgehead atoms. The molecule has 169 valence electrons. The first kappa shape index (κ1) is 23.5. The number of aromatic nitrogens is 1. The molecular formula is C29H20IrNO3-. The predicted molar refractivity (Wildman–Crippen MR) is 131 cm³/mol. The summed E-state index contributed by atoms with van der Waals surface area (Å²) in [6.45, 7) is 2.85. The Balaban J connectivity index is 0.000000303. The number of allylic oxidation sites excluding steroid dienone is 2. The maximum atomic E-state index is 12.8. The number of hydrogen-bond donors (Lipinski definition) is 1. The number of carbonyl (C=O) groups excluding carboxylic acids is 2. The standard InChI is InChI=1S/C24H12NO.C5H8O2.Ir/c26-24-17-7-2-1-6-16(17)23-18(8-4-9-19(23)24)21-13-15-12-11-14-5-3-10-20(25-21)22(14)15;1-4(6)3-5(2)7;/h1-7,9-13H;3,6H,1-2H3;/q-1;;/b;4-3-;. The normalized spacial score (nSPS) is 12.5. The van der Waals surface area contributed by atoms with Crippen molar-refractivity contribution in [1.29, 1.82) is 0 Å². The average Bonchev–Trinajstić information content (AvgIpc) is 3.34. The Morgan fingerprint density at radius 1 is 0.941 bits per heavy atom. The van der Waals surface area contributed by atoms with Gasteiger partial charge in [0.15, 0.2) is 11.6 Å². The van der Waals surface area contributed by atoms with Crippen LogP contribution in [0.2, 0.25) is 0 Å². The number of aliphatic hydroxyl groups is 1. The number of benzene rings is 3. The summed E-state index contributed by atoms with van der Waals surface area (Å²) >= 11 is 0. The Labute approximate surface area is 211 Å². The smallest absolute Gasteiger partial charge is 0.175 e. The molecular weight excluding hydrogens is 603 g/mol. The van der Waals surface area contributed by atoms with E-state index in [2.05, 4.69) is 30.4 Å². The fourth-order valence-corrected chi connectivity index (χ4v) is 4.43. The maximum Gasteiger partial charge on any atom is 0.175 e. The van der Waals surface area contributed by atoms with Gasteiger partial charge in [0.2, 0.25) is 0 Å². The number of pyridine rings is 1. The van der Waals surface area contributed by atoms with Crippen molar-refractivity contribution in [3.8, 4) is 22.4 Å². The molecule has 0 unspecified atom stereocenters. The molecule has 1 heterocycles. The van der Waals surface area contributed by atoms with Crippen molar-refractivity contribution in [2.45, 2.75) is 13.8 Å². The largest absolute Gasteiger partial charge is 0.512 e. The maximum absolute atomic E-state index is 12.8. The number of rotatable bonds is 2. The summed E-state index contributed by atoms with van der Waals surface area (Å²) in [7, 11) is 0. The summed E-state index contributed by atoms with van der Waals surface area (Å²) in [4.78, 5) is 27.7. The van der Waals surface area contributed by atoms with E-state index in [0.717, 1.165) is 39.0 Å². The summed E-state index contributed by atoms with van der Waals surface area (Å²) in [6.07, 6.45) is 5.42. The topological polar surface area (TPSA) is 67.3 Å². The molecule has 3 aromatic carbocycles. The Morgan fingerprint density at radius 3 is 2.38 bits per heavy atom. The van der Waals surface area contributed by atoms with Gasteiger partial charge in [-0.1, -0.05) is 65.7 Å². The van der Waals surface area contributed by atoms with Gasteiger partial charge in [0.25, 0.3) is 0 Å². The number of carbonyl (C=O) groups is 2. The van der Waals surface area contributed by atoms with Crippen LogP contribution in [0.3, 0.4) is 0 Å². The van der Waals surface area contributed by atoms with Gasteiger partial charge in [0.1, 0.15) is 0 Å². The fourth-order valence-electron chi connectivity index (χ4n) is 4.43. The minimum absolute atomic E-state index is 0. The zero-order valence-corrected chi connectivity index (χ0v) is 20.9. The van der Waals surface area contributed by atoms with Crippen molar-refractivity contribution in [2.75, 3.05) is 0 Å². The van der Waals surface area contributed by atoms with Crippen LogP contribution in [0, 0.1) is 6.07 Å². The monoisotopic (exact) mass is 623 g/mol.